The lowest BCUT2D eigenvalue weighted by Crippen LogP contribution is -2.50. The van der Waals surface area contributed by atoms with Crippen LogP contribution in [0.3, 0.4) is 0 Å². The summed E-state index contributed by atoms with van der Waals surface area (Å²) in [7, 11) is -4.49. The van der Waals surface area contributed by atoms with Gasteiger partial charge in [0, 0.05) is 30.6 Å². The first-order valence-electron chi connectivity index (χ1n) is 12.7. The number of aryl methyl sites for hydroxylation is 1. The van der Waals surface area contributed by atoms with Crippen molar-refractivity contribution in [1.82, 2.24) is 24.6 Å². The molecule has 9 nitrogen and oxygen atoms in total. The standard InChI is InChI=1S/C27H29F3N6O3S/c1-26(2,31)19-8-6-17-7-9-22(13-18(17)12-19)35-16-21(33-34-35)15-24-25(37)32-10-11-36(24)40(38,39)23-5-3-4-20(14-23)27(28,29)30/h3-6,8,10-12,14,16,22,24H,7,9,13,15,31H2,1-2H3,(H,32,37). The van der Waals surface area contributed by atoms with E-state index in [1.54, 1.807) is 10.9 Å². The van der Waals surface area contributed by atoms with Crippen LogP contribution in [0.15, 0.2) is 66.0 Å². The quantitative estimate of drug-likeness (QED) is 0.465. The van der Waals surface area contributed by atoms with E-state index >= 15 is 0 Å². The van der Waals surface area contributed by atoms with Crippen molar-refractivity contribution < 1.29 is 26.4 Å². The van der Waals surface area contributed by atoms with Crippen molar-refractivity contribution in [3.8, 4) is 0 Å². The molecular weight excluding hydrogens is 545 g/mol. The summed E-state index contributed by atoms with van der Waals surface area (Å²) in [5.41, 5.74) is 8.55. The fourth-order valence-electron chi connectivity index (χ4n) is 5.04. The number of aromatic nitrogens is 3. The molecule has 2 unspecified atom stereocenters. The second-order valence-corrected chi connectivity index (χ2v) is 12.5. The number of hydrogen-bond donors (Lipinski definition) is 2. The van der Waals surface area contributed by atoms with Gasteiger partial charge in [0.05, 0.1) is 22.2 Å². The third kappa shape index (κ3) is 5.48. The van der Waals surface area contributed by atoms with E-state index in [1.807, 2.05) is 13.8 Å². The Labute approximate surface area is 229 Å². The second-order valence-electron chi connectivity index (χ2n) is 10.7. The average Bonchev–Trinajstić information content (AvgIpc) is 3.37. The molecule has 2 heterocycles. The maximum Gasteiger partial charge on any atom is 0.416 e. The predicted octanol–water partition coefficient (Wildman–Crippen LogP) is 3.42. The average molecular weight is 575 g/mol. The van der Waals surface area contributed by atoms with Crippen LogP contribution < -0.4 is 11.1 Å². The molecule has 1 amide bonds. The summed E-state index contributed by atoms with van der Waals surface area (Å²) < 4.78 is 68.9. The maximum absolute atomic E-state index is 13.4. The number of sulfonamides is 1. The Kier molecular flexibility index (Phi) is 6.99. The minimum absolute atomic E-state index is 0.00917. The van der Waals surface area contributed by atoms with Gasteiger partial charge in [0.1, 0.15) is 6.04 Å². The van der Waals surface area contributed by atoms with E-state index in [9.17, 15) is 26.4 Å². The Hall–Kier alpha value is -3.71. The molecule has 0 saturated carbocycles. The predicted molar refractivity (Wildman–Crippen MR) is 140 cm³/mol. The molecule has 2 atom stereocenters. The van der Waals surface area contributed by atoms with Gasteiger partial charge in [0.15, 0.2) is 0 Å². The zero-order valence-electron chi connectivity index (χ0n) is 21.9. The number of alkyl halides is 3. The van der Waals surface area contributed by atoms with E-state index in [0.29, 0.717) is 18.2 Å². The van der Waals surface area contributed by atoms with Gasteiger partial charge in [-0.05, 0) is 68.0 Å². The van der Waals surface area contributed by atoms with Crippen LogP contribution in [0.25, 0.3) is 0 Å². The third-order valence-corrected chi connectivity index (χ3v) is 9.06. The molecule has 0 saturated heterocycles. The van der Waals surface area contributed by atoms with Gasteiger partial charge in [-0.1, -0.05) is 29.5 Å². The van der Waals surface area contributed by atoms with Gasteiger partial charge in [-0.3, -0.25) is 9.10 Å². The first-order chi connectivity index (χ1) is 18.7. The van der Waals surface area contributed by atoms with Crippen LogP contribution in [0.4, 0.5) is 13.2 Å². The molecular formula is C27H29F3N6O3S. The summed E-state index contributed by atoms with van der Waals surface area (Å²) in [5.74, 6) is -0.629. The summed E-state index contributed by atoms with van der Waals surface area (Å²) in [5, 5.41) is 10.9. The number of nitrogens with one attached hydrogen (secondary N) is 1. The highest BCUT2D eigenvalue weighted by atomic mass is 32.2. The van der Waals surface area contributed by atoms with Crippen LogP contribution in [0.1, 0.15) is 54.3 Å². The zero-order valence-corrected chi connectivity index (χ0v) is 22.7. The Morgan fingerprint density at radius 2 is 1.88 bits per heavy atom. The molecule has 1 aromatic heterocycles. The lowest BCUT2D eigenvalue weighted by atomic mass is 9.84. The number of carbonyl (C=O) groups excluding carboxylic acids is 1. The number of rotatable bonds is 6. The number of hydrogen-bond acceptors (Lipinski definition) is 6. The number of fused-ring (bicyclic) bond motifs is 1. The molecule has 1 aliphatic heterocycles. The van der Waals surface area contributed by atoms with Crippen molar-refractivity contribution in [3.05, 3.63) is 89.0 Å². The molecule has 1 aliphatic carbocycles. The van der Waals surface area contributed by atoms with Crippen LogP contribution in [-0.4, -0.2) is 39.7 Å². The van der Waals surface area contributed by atoms with Crippen LogP contribution in [0.5, 0.6) is 0 Å². The highest BCUT2D eigenvalue weighted by Gasteiger charge is 2.38. The minimum atomic E-state index is -4.72. The molecule has 0 bridgehead atoms. The smallest absolute Gasteiger partial charge is 0.329 e. The van der Waals surface area contributed by atoms with Crippen molar-refractivity contribution in [2.75, 3.05) is 0 Å². The van der Waals surface area contributed by atoms with Gasteiger partial charge in [0.2, 0.25) is 5.91 Å². The number of nitrogens with zero attached hydrogens (tertiary/aromatic N) is 4. The van der Waals surface area contributed by atoms with Crippen molar-refractivity contribution in [1.29, 1.82) is 0 Å². The Bertz CT molecular complexity index is 1580. The van der Waals surface area contributed by atoms with Gasteiger partial charge in [0.25, 0.3) is 10.0 Å². The lowest BCUT2D eigenvalue weighted by molar-refractivity contribution is -0.137. The van der Waals surface area contributed by atoms with E-state index in [0.717, 1.165) is 53.3 Å². The molecule has 0 fully saturated rings. The van der Waals surface area contributed by atoms with E-state index in [4.69, 9.17) is 5.73 Å². The SMILES string of the molecule is CC(C)(N)c1ccc2c(c1)CC(n1cc(CC3C(=O)NC=CN3S(=O)(=O)c3cccc(C(F)(F)F)c3)nn1)CC2. The first-order valence-corrected chi connectivity index (χ1v) is 14.2. The van der Waals surface area contributed by atoms with Gasteiger partial charge < -0.3 is 11.1 Å². The van der Waals surface area contributed by atoms with Crippen LogP contribution in [0, 0.1) is 0 Å². The summed E-state index contributed by atoms with van der Waals surface area (Å²) in [4.78, 5) is 12.2. The summed E-state index contributed by atoms with van der Waals surface area (Å²) in [6, 6.07) is 8.45. The van der Waals surface area contributed by atoms with Gasteiger partial charge in [-0.15, -0.1) is 5.10 Å². The summed E-state index contributed by atoms with van der Waals surface area (Å²) in [6.07, 6.45) is 1.49. The van der Waals surface area contributed by atoms with E-state index in [1.165, 1.54) is 11.1 Å². The number of benzene rings is 2. The van der Waals surface area contributed by atoms with Crippen molar-refractivity contribution in [2.24, 2.45) is 5.73 Å². The van der Waals surface area contributed by atoms with Crippen molar-refractivity contribution in [3.63, 3.8) is 0 Å². The topological polar surface area (TPSA) is 123 Å². The molecule has 0 spiro atoms. The molecule has 40 heavy (non-hydrogen) atoms. The Balaban J connectivity index is 1.37. The van der Waals surface area contributed by atoms with Crippen molar-refractivity contribution in [2.45, 2.75) is 68.2 Å². The number of amides is 1. The fourth-order valence-corrected chi connectivity index (χ4v) is 6.54. The molecule has 0 radical (unpaired) electrons. The third-order valence-electron chi connectivity index (χ3n) is 7.28. The molecule has 13 heteroatoms. The largest absolute Gasteiger partial charge is 0.416 e. The van der Waals surface area contributed by atoms with Gasteiger partial charge in [-0.25, -0.2) is 13.1 Å². The number of halogens is 3. The van der Waals surface area contributed by atoms with Crippen LogP contribution in [-0.2, 0) is 45.8 Å². The summed E-state index contributed by atoms with van der Waals surface area (Å²) >= 11 is 0. The van der Waals surface area contributed by atoms with E-state index in [2.05, 4.69) is 33.8 Å². The molecule has 3 aromatic rings. The van der Waals surface area contributed by atoms with Gasteiger partial charge in [-0.2, -0.15) is 13.2 Å². The van der Waals surface area contributed by atoms with Crippen LogP contribution >= 0.6 is 0 Å². The van der Waals surface area contributed by atoms with Gasteiger partial charge >= 0.3 is 6.18 Å². The first kappa shape index (κ1) is 27.8. The molecule has 212 valence electrons. The second kappa shape index (κ2) is 10.0. The minimum Gasteiger partial charge on any atom is -0.329 e. The zero-order chi connectivity index (χ0) is 28.9. The van der Waals surface area contributed by atoms with Crippen molar-refractivity contribution >= 4 is 15.9 Å². The lowest BCUT2D eigenvalue weighted by Gasteiger charge is -2.31. The number of nitrogens with two attached hydrogens (primary N) is 1. The fraction of sp³-hybridized carbons (Fsp3) is 0.370. The monoisotopic (exact) mass is 574 g/mol. The normalized spacial score (nSPS) is 19.9. The number of carbonyl (C=O) groups is 1. The highest BCUT2D eigenvalue weighted by Crippen LogP contribution is 2.33. The Morgan fingerprint density at radius 1 is 1.10 bits per heavy atom. The van der Waals surface area contributed by atoms with Crippen LogP contribution in [0.2, 0.25) is 0 Å². The Morgan fingerprint density at radius 3 is 2.60 bits per heavy atom. The van der Waals surface area contributed by atoms with E-state index < -0.39 is 44.1 Å². The molecule has 2 aliphatic rings. The summed E-state index contributed by atoms with van der Waals surface area (Å²) in [6.45, 7) is 3.90. The highest BCUT2D eigenvalue weighted by molar-refractivity contribution is 7.89. The molecule has 5 rings (SSSR count). The maximum atomic E-state index is 13.4. The molecule has 2 aromatic carbocycles. The molecule has 3 N–H and O–H groups in total. The van der Waals surface area contributed by atoms with E-state index in [-0.39, 0.29) is 12.5 Å².